The van der Waals surface area contributed by atoms with Crippen LogP contribution in [-0.4, -0.2) is 11.0 Å². The summed E-state index contributed by atoms with van der Waals surface area (Å²) >= 11 is 0. The van der Waals surface area contributed by atoms with E-state index in [0.717, 1.165) is 23.6 Å². The summed E-state index contributed by atoms with van der Waals surface area (Å²) in [6.45, 7) is 5.03. The number of nitrogens with one attached hydrogen (secondary N) is 1. The summed E-state index contributed by atoms with van der Waals surface area (Å²) in [5.41, 5.74) is 1.11. The predicted octanol–water partition coefficient (Wildman–Crippen LogP) is 3.37. The zero-order valence-corrected chi connectivity index (χ0v) is 10.8. The third-order valence-corrected chi connectivity index (χ3v) is 2.54. The van der Waals surface area contributed by atoms with E-state index in [1.807, 2.05) is 36.4 Å². The fourth-order valence-electron chi connectivity index (χ4n) is 1.58. The maximum atomic E-state index is 5.84. The van der Waals surface area contributed by atoms with Gasteiger partial charge in [-0.25, -0.2) is 0 Å². The van der Waals surface area contributed by atoms with Crippen molar-refractivity contribution >= 4 is 0 Å². The van der Waals surface area contributed by atoms with Crippen molar-refractivity contribution in [2.24, 2.45) is 0 Å². The quantitative estimate of drug-likeness (QED) is 0.872. The first-order chi connectivity index (χ1) is 8.75. The summed E-state index contributed by atoms with van der Waals surface area (Å²) in [5, 5.41) is 3.38. The van der Waals surface area contributed by atoms with Crippen molar-refractivity contribution in [3.8, 4) is 11.5 Å². The van der Waals surface area contributed by atoms with E-state index in [1.54, 1.807) is 12.4 Å². The molecule has 0 saturated heterocycles. The van der Waals surface area contributed by atoms with Gasteiger partial charge in [0.1, 0.15) is 11.5 Å². The summed E-state index contributed by atoms with van der Waals surface area (Å²) < 4.78 is 5.84. The molecule has 0 bridgehead atoms. The van der Waals surface area contributed by atoms with Crippen molar-refractivity contribution in [1.82, 2.24) is 10.3 Å². The average Bonchev–Trinajstić information content (AvgIpc) is 2.39. The smallest absolute Gasteiger partial charge is 0.150 e. The molecule has 1 aromatic heterocycles. The number of rotatable bonds is 5. The van der Waals surface area contributed by atoms with Crippen molar-refractivity contribution in [2.45, 2.75) is 26.4 Å². The van der Waals surface area contributed by atoms with Crippen LogP contribution in [0.4, 0.5) is 0 Å². The van der Waals surface area contributed by atoms with Crippen molar-refractivity contribution in [2.75, 3.05) is 0 Å². The molecule has 2 rings (SSSR count). The lowest BCUT2D eigenvalue weighted by Crippen LogP contribution is -2.22. The van der Waals surface area contributed by atoms with Gasteiger partial charge in [-0.2, -0.15) is 0 Å². The minimum atomic E-state index is 0.447. The molecule has 1 heterocycles. The van der Waals surface area contributed by atoms with Gasteiger partial charge in [-0.15, -0.1) is 0 Å². The fourth-order valence-corrected chi connectivity index (χ4v) is 1.58. The lowest BCUT2D eigenvalue weighted by Gasteiger charge is -2.12. The first-order valence-corrected chi connectivity index (χ1v) is 6.15. The number of ether oxygens (including phenoxy) is 1. The van der Waals surface area contributed by atoms with Crippen LogP contribution in [0.25, 0.3) is 0 Å². The molecule has 0 spiro atoms. The molecule has 1 N–H and O–H groups in total. The molecule has 0 unspecified atom stereocenters. The van der Waals surface area contributed by atoms with E-state index in [-0.39, 0.29) is 0 Å². The molecular weight excluding hydrogens is 224 g/mol. The molecule has 0 saturated carbocycles. The van der Waals surface area contributed by atoms with E-state index in [0.29, 0.717) is 6.04 Å². The molecule has 3 heteroatoms. The monoisotopic (exact) mass is 242 g/mol. The van der Waals surface area contributed by atoms with Gasteiger partial charge in [0.25, 0.3) is 0 Å². The highest BCUT2D eigenvalue weighted by molar-refractivity contribution is 5.35. The predicted molar refractivity (Wildman–Crippen MR) is 72.7 cm³/mol. The van der Waals surface area contributed by atoms with E-state index in [1.165, 1.54) is 0 Å². The zero-order valence-electron chi connectivity index (χ0n) is 10.8. The van der Waals surface area contributed by atoms with Gasteiger partial charge in [-0.3, -0.25) is 4.98 Å². The Labute approximate surface area is 108 Å². The largest absolute Gasteiger partial charge is 0.455 e. The maximum absolute atomic E-state index is 5.84. The Hall–Kier alpha value is -1.87. The number of nitrogens with zero attached hydrogens (tertiary/aromatic N) is 1. The summed E-state index contributed by atoms with van der Waals surface area (Å²) in [5.74, 6) is 1.63. The minimum Gasteiger partial charge on any atom is -0.455 e. The second kappa shape index (κ2) is 6.17. The number of aromatic nitrogens is 1. The molecule has 0 aliphatic heterocycles. The summed E-state index contributed by atoms with van der Waals surface area (Å²) in [7, 11) is 0. The first kappa shape index (κ1) is 12.6. The summed E-state index contributed by atoms with van der Waals surface area (Å²) in [6, 6.07) is 12.2. The average molecular weight is 242 g/mol. The Bertz CT molecular complexity index is 483. The second-order valence-electron chi connectivity index (χ2n) is 4.43. The van der Waals surface area contributed by atoms with Crippen LogP contribution in [0.15, 0.2) is 48.8 Å². The standard InChI is InChI=1S/C15H18N2O/c1-12(2)17-10-13-8-9-16-11-15(13)18-14-6-4-3-5-7-14/h3-9,11-12,17H,10H2,1-2H3. The lowest BCUT2D eigenvalue weighted by molar-refractivity contribution is 0.467. The third kappa shape index (κ3) is 3.57. The van der Waals surface area contributed by atoms with E-state index in [4.69, 9.17) is 4.74 Å². The second-order valence-corrected chi connectivity index (χ2v) is 4.43. The molecular formula is C15H18N2O. The van der Waals surface area contributed by atoms with Crippen LogP contribution >= 0.6 is 0 Å². The molecule has 3 nitrogen and oxygen atoms in total. The number of para-hydroxylation sites is 1. The first-order valence-electron chi connectivity index (χ1n) is 6.15. The highest BCUT2D eigenvalue weighted by Gasteiger charge is 2.05. The van der Waals surface area contributed by atoms with Crippen LogP contribution in [0.1, 0.15) is 19.4 Å². The Morgan fingerprint density at radius 1 is 1.17 bits per heavy atom. The van der Waals surface area contributed by atoms with Crippen LogP contribution in [0.2, 0.25) is 0 Å². The summed E-state index contributed by atoms with van der Waals surface area (Å²) in [6.07, 6.45) is 3.54. The van der Waals surface area contributed by atoms with Gasteiger partial charge >= 0.3 is 0 Å². The van der Waals surface area contributed by atoms with Gasteiger partial charge < -0.3 is 10.1 Å². The van der Waals surface area contributed by atoms with Crippen molar-refractivity contribution in [3.63, 3.8) is 0 Å². The molecule has 2 aromatic rings. The van der Waals surface area contributed by atoms with Gasteiger partial charge in [0.2, 0.25) is 0 Å². The summed E-state index contributed by atoms with van der Waals surface area (Å²) in [4.78, 5) is 4.12. The molecule has 1 aromatic carbocycles. The highest BCUT2D eigenvalue weighted by Crippen LogP contribution is 2.23. The van der Waals surface area contributed by atoms with Gasteiger partial charge in [-0.05, 0) is 18.2 Å². The van der Waals surface area contributed by atoms with Crippen LogP contribution in [0, 0.1) is 0 Å². The third-order valence-electron chi connectivity index (χ3n) is 2.54. The lowest BCUT2D eigenvalue weighted by atomic mass is 10.2. The van der Waals surface area contributed by atoms with E-state index in [2.05, 4.69) is 24.1 Å². The van der Waals surface area contributed by atoms with Crippen molar-refractivity contribution < 1.29 is 4.74 Å². The Morgan fingerprint density at radius 2 is 1.94 bits per heavy atom. The maximum Gasteiger partial charge on any atom is 0.150 e. The van der Waals surface area contributed by atoms with E-state index < -0.39 is 0 Å². The van der Waals surface area contributed by atoms with E-state index >= 15 is 0 Å². The fraction of sp³-hybridized carbons (Fsp3) is 0.267. The Morgan fingerprint density at radius 3 is 2.67 bits per heavy atom. The van der Waals surface area contributed by atoms with Crippen molar-refractivity contribution in [3.05, 3.63) is 54.4 Å². The molecule has 0 atom stereocenters. The van der Waals surface area contributed by atoms with Crippen molar-refractivity contribution in [1.29, 1.82) is 0 Å². The molecule has 0 fully saturated rings. The molecule has 94 valence electrons. The number of pyridine rings is 1. The van der Waals surface area contributed by atoms with Gasteiger partial charge in [-0.1, -0.05) is 32.0 Å². The molecule has 0 amide bonds. The Balaban J connectivity index is 2.12. The molecule has 18 heavy (non-hydrogen) atoms. The highest BCUT2D eigenvalue weighted by atomic mass is 16.5. The van der Waals surface area contributed by atoms with Gasteiger partial charge in [0, 0.05) is 24.3 Å². The van der Waals surface area contributed by atoms with Crippen LogP contribution < -0.4 is 10.1 Å². The zero-order chi connectivity index (χ0) is 12.8. The number of benzene rings is 1. The van der Waals surface area contributed by atoms with Crippen LogP contribution in [-0.2, 0) is 6.54 Å². The minimum absolute atomic E-state index is 0.447. The molecule has 0 radical (unpaired) electrons. The topological polar surface area (TPSA) is 34.2 Å². The Kier molecular flexibility index (Phi) is 4.31. The molecule has 0 aliphatic carbocycles. The van der Waals surface area contributed by atoms with E-state index in [9.17, 15) is 0 Å². The van der Waals surface area contributed by atoms with Gasteiger partial charge in [0.15, 0.2) is 0 Å². The molecule has 0 aliphatic rings. The van der Waals surface area contributed by atoms with Crippen LogP contribution in [0.5, 0.6) is 11.5 Å². The SMILES string of the molecule is CC(C)NCc1ccncc1Oc1ccccc1. The van der Waals surface area contributed by atoms with Crippen LogP contribution in [0.3, 0.4) is 0 Å². The normalized spacial score (nSPS) is 10.6. The number of hydrogen-bond acceptors (Lipinski definition) is 3. The van der Waals surface area contributed by atoms with Gasteiger partial charge in [0.05, 0.1) is 6.20 Å². The number of hydrogen-bond donors (Lipinski definition) is 1.